The van der Waals surface area contributed by atoms with Crippen molar-refractivity contribution in [2.75, 3.05) is 25.9 Å². The second-order valence-electron chi connectivity index (χ2n) is 12.9. The van der Waals surface area contributed by atoms with Gasteiger partial charge in [-0.3, -0.25) is 24.3 Å². The summed E-state index contributed by atoms with van der Waals surface area (Å²) < 4.78 is 0. The summed E-state index contributed by atoms with van der Waals surface area (Å²) in [5.41, 5.74) is 9.32. The van der Waals surface area contributed by atoms with E-state index in [-0.39, 0.29) is 42.3 Å². The normalized spacial score (nSPS) is 21.3. The number of ketones is 2. The van der Waals surface area contributed by atoms with E-state index in [9.17, 15) is 19.5 Å². The molecule has 1 aliphatic heterocycles. The minimum Gasteiger partial charge on any atom is -0.399 e. The van der Waals surface area contributed by atoms with E-state index in [2.05, 4.69) is 15.2 Å². The van der Waals surface area contributed by atoms with E-state index in [1.807, 2.05) is 42.5 Å². The highest BCUT2D eigenvalue weighted by atomic mass is 16.3. The van der Waals surface area contributed by atoms with Gasteiger partial charge in [-0.1, -0.05) is 55.7 Å². The van der Waals surface area contributed by atoms with E-state index >= 15 is 0 Å². The molecular formula is C37H46N4O4. The Hall–Kier alpha value is -3.88. The van der Waals surface area contributed by atoms with Crippen molar-refractivity contribution in [2.24, 2.45) is 17.8 Å². The molecule has 8 heteroatoms. The number of aliphatic hydroxyl groups excluding tert-OH is 1. The van der Waals surface area contributed by atoms with Gasteiger partial charge in [0.2, 0.25) is 5.91 Å². The number of likely N-dealkylation sites (tertiary alicyclic amines) is 1. The number of pyridine rings is 1. The largest absolute Gasteiger partial charge is 0.399 e. The van der Waals surface area contributed by atoms with Gasteiger partial charge < -0.3 is 16.2 Å². The van der Waals surface area contributed by atoms with Gasteiger partial charge >= 0.3 is 0 Å². The van der Waals surface area contributed by atoms with Crippen molar-refractivity contribution < 1.29 is 19.5 Å². The Bertz CT molecular complexity index is 1450. The maximum atomic E-state index is 13.8. The molecule has 2 aliphatic rings. The monoisotopic (exact) mass is 610 g/mol. The first-order valence-corrected chi connectivity index (χ1v) is 16.3. The van der Waals surface area contributed by atoms with Gasteiger partial charge in [0.15, 0.2) is 11.6 Å². The van der Waals surface area contributed by atoms with Crippen LogP contribution in [0.1, 0.15) is 76.8 Å². The number of carbonyl (C=O) groups excluding carboxylic acids is 3. The standard InChI is InChI=1S/C37H46N4O4/c1-39-37(45)33-20-27-11-5-6-12-28(27)23-41(33)24-36(44)29(16-25-8-3-2-4-9-25)21-35(43)31-17-30(18-32(38)19-31)34(42)14-13-26-10-7-15-40-22-26/h2-4,7-10,15,17-19,22,27-29,33,36,44H,5-6,11-14,16,20-21,23-24,38H2,1H3,(H,39,45)/t27-,28+,29+,33-,36+/m0/s1. The van der Waals surface area contributed by atoms with Gasteiger partial charge in [0.1, 0.15) is 0 Å². The number of likely N-dealkylation sites (N-methyl/N-ethyl adjacent to an activating group) is 1. The maximum Gasteiger partial charge on any atom is 0.237 e. The number of benzene rings is 2. The Morgan fingerprint density at radius 1 is 0.978 bits per heavy atom. The Morgan fingerprint density at radius 2 is 1.69 bits per heavy atom. The Balaban J connectivity index is 1.32. The predicted molar refractivity (Wildman–Crippen MR) is 176 cm³/mol. The number of piperidine rings is 1. The Kier molecular flexibility index (Phi) is 11.1. The quantitative estimate of drug-likeness (QED) is 0.186. The number of carbonyl (C=O) groups is 3. The fourth-order valence-corrected chi connectivity index (χ4v) is 7.27. The second kappa shape index (κ2) is 15.4. The molecule has 3 aromatic rings. The molecule has 0 unspecified atom stereocenters. The summed E-state index contributed by atoms with van der Waals surface area (Å²) in [7, 11) is 1.67. The third-order valence-electron chi connectivity index (χ3n) is 9.77. The Morgan fingerprint density at radius 3 is 2.40 bits per heavy atom. The number of aliphatic hydroxyl groups is 1. The number of rotatable bonds is 13. The molecule has 5 atom stereocenters. The lowest BCUT2D eigenvalue weighted by Crippen LogP contribution is -2.56. The molecule has 0 spiro atoms. The number of β-amino-alcohol motifs (C(OH)–C–C–N with tert-alkyl or cyclic N) is 1. The van der Waals surface area contributed by atoms with Crippen LogP contribution >= 0.6 is 0 Å². The minimum atomic E-state index is -0.830. The summed E-state index contributed by atoms with van der Waals surface area (Å²) >= 11 is 0. The van der Waals surface area contributed by atoms with Crippen LogP contribution in [0.5, 0.6) is 0 Å². The number of nitrogens with one attached hydrogen (secondary N) is 1. The van der Waals surface area contributed by atoms with E-state index in [1.165, 1.54) is 12.8 Å². The van der Waals surface area contributed by atoms with Crippen LogP contribution in [0, 0.1) is 17.8 Å². The summed E-state index contributed by atoms with van der Waals surface area (Å²) in [5, 5.41) is 14.6. The van der Waals surface area contributed by atoms with Crippen molar-refractivity contribution in [1.82, 2.24) is 15.2 Å². The molecule has 45 heavy (non-hydrogen) atoms. The van der Waals surface area contributed by atoms with Crippen molar-refractivity contribution >= 4 is 23.2 Å². The molecule has 1 saturated carbocycles. The smallest absolute Gasteiger partial charge is 0.237 e. The molecule has 0 bridgehead atoms. The molecular weight excluding hydrogens is 564 g/mol. The molecule has 8 nitrogen and oxygen atoms in total. The van der Waals surface area contributed by atoms with E-state index in [1.54, 1.807) is 37.6 Å². The Labute approximate surface area is 266 Å². The van der Waals surface area contributed by atoms with E-state index < -0.39 is 6.10 Å². The SMILES string of the molecule is CNC(=O)[C@@H]1C[C@@H]2CCCC[C@@H]2CN1C[C@@H](O)[C@@H](CC(=O)c1cc(N)cc(C(=O)CCc2cccnc2)c1)Cc1ccccc1. The number of hydrogen-bond donors (Lipinski definition) is 3. The minimum absolute atomic E-state index is 0.0117. The summed E-state index contributed by atoms with van der Waals surface area (Å²) in [6.45, 7) is 1.10. The molecule has 2 aromatic carbocycles. The molecule has 2 fully saturated rings. The van der Waals surface area contributed by atoms with E-state index in [4.69, 9.17) is 5.73 Å². The topological polar surface area (TPSA) is 126 Å². The molecule has 1 amide bonds. The number of hydrogen-bond acceptors (Lipinski definition) is 7. The molecule has 5 rings (SSSR count). The number of nitrogens with two attached hydrogens (primary N) is 1. The fourth-order valence-electron chi connectivity index (χ4n) is 7.27. The average Bonchev–Trinajstić information content (AvgIpc) is 3.06. The second-order valence-corrected chi connectivity index (χ2v) is 12.9. The molecule has 4 N–H and O–H groups in total. The van der Waals surface area contributed by atoms with Gasteiger partial charge in [0.05, 0.1) is 12.1 Å². The van der Waals surface area contributed by atoms with Crippen molar-refractivity contribution in [3.05, 3.63) is 95.3 Å². The fraction of sp³-hybridized carbons (Fsp3) is 0.459. The zero-order chi connectivity index (χ0) is 31.8. The van der Waals surface area contributed by atoms with Crippen LogP contribution in [0.3, 0.4) is 0 Å². The average molecular weight is 611 g/mol. The van der Waals surface area contributed by atoms with Crippen LogP contribution in [-0.2, 0) is 17.6 Å². The number of anilines is 1. The van der Waals surface area contributed by atoms with Crippen molar-refractivity contribution in [1.29, 1.82) is 0 Å². The molecule has 1 saturated heterocycles. The molecule has 1 aliphatic carbocycles. The van der Waals surface area contributed by atoms with Gasteiger partial charge in [0.25, 0.3) is 0 Å². The van der Waals surface area contributed by atoms with Crippen LogP contribution in [0.2, 0.25) is 0 Å². The number of aromatic nitrogens is 1. The van der Waals surface area contributed by atoms with Crippen molar-refractivity contribution in [2.45, 2.75) is 69.9 Å². The van der Waals surface area contributed by atoms with Gasteiger partial charge in [-0.25, -0.2) is 0 Å². The number of aryl methyl sites for hydroxylation is 1. The summed E-state index contributed by atoms with van der Waals surface area (Å²) in [6.07, 6.45) is 9.59. The third-order valence-corrected chi connectivity index (χ3v) is 9.77. The van der Waals surface area contributed by atoms with Crippen LogP contribution in [0.25, 0.3) is 0 Å². The van der Waals surface area contributed by atoms with E-state index in [0.717, 1.165) is 36.9 Å². The maximum absolute atomic E-state index is 13.8. The first-order chi connectivity index (χ1) is 21.8. The molecule has 238 valence electrons. The summed E-state index contributed by atoms with van der Waals surface area (Å²) in [5.74, 6) is 0.413. The van der Waals surface area contributed by atoms with Crippen LogP contribution < -0.4 is 11.1 Å². The highest BCUT2D eigenvalue weighted by Gasteiger charge is 2.41. The molecule has 0 radical (unpaired) electrons. The van der Waals surface area contributed by atoms with Gasteiger partial charge in [-0.2, -0.15) is 0 Å². The van der Waals surface area contributed by atoms with Crippen LogP contribution in [0.15, 0.2) is 73.1 Å². The highest BCUT2D eigenvalue weighted by molar-refractivity contribution is 6.02. The van der Waals surface area contributed by atoms with Crippen LogP contribution in [-0.4, -0.2) is 64.7 Å². The summed E-state index contributed by atoms with van der Waals surface area (Å²) in [4.78, 5) is 46.1. The number of fused-ring (bicyclic) bond motifs is 1. The number of nitrogens with zero attached hydrogens (tertiary/aromatic N) is 2. The lowest BCUT2D eigenvalue weighted by molar-refractivity contribution is -0.130. The lowest BCUT2D eigenvalue weighted by atomic mass is 9.72. The first-order valence-electron chi connectivity index (χ1n) is 16.3. The number of amides is 1. The third kappa shape index (κ3) is 8.65. The van der Waals surface area contributed by atoms with E-state index in [0.29, 0.717) is 48.0 Å². The van der Waals surface area contributed by atoms with Crippen molar-refractivity contribution in [3.8, 4) is 0 Å². The highest BCUT2D eigenvalue weighted by Crippen LogP contribution is 2.39. The van der Waals surface area contributed by atoms with Crippen molar-refractivity contribution in [3.63, 3.8) is 0 Å². The lowest BCUT2D eigenvalue weighted by Gasteiger charge is -2.46. The van der Waals surface area contributed by atoms with Gasteiger partial charge in [-0.15, -0.1) is 0 Å². The zero-order valence-electron chi connectivity index (χ0n) is 26.2. The molecule has 1 aromatic heterocycles. The van der Waals surface area contributed by atoms with Crippen LogP contribution in [0.4, 0.5) is 5.69 Å². The zero-order valence-corrected chi connectivity index (χ0v) is 26.2. The first kappa shape index (κ1) is 32.5. The van der Waals surface area contributed by atoms with Gasteiger partial charge in [0, 0.05) is 62.2 Å². The summed E-state index contributed by atoms with van der Waals surface area (Å²) in [6, 6.07) is 18.2. The molecule has 2 heterocycles. The predicted octanol–water partition coefficient (Wildman–Crippen LogP) is 4.90. The number of nitrogen functional groups attached to an aromatic ring is 1. The van der Waals surface area contributed by atoms with Gasteiger partial charge in [-0.05, 0) is 78.8 Å². The number of Topliss-reactive ketones (excluding diaryl/α,β-unsaturated/α-hetero) is 2.